The smallest absolute Gasteiger partial charge is 0.378 e. The van der Waals surface area contributed by atoms with Gasteiger partial charge in [0.25, 0.3) is 5.91 Å². The molecule has 30 heavy (non-hydrogen) atoms. The maximum Gasteiger partial charge on any atom is 0.416 e. The molecule has 0 aliphatic carbocycles. The molecule has 5 nitrogen and oxygen atoms in total. The van der Waals surface area contributed by atoms with E-state index in [0.717, 1.165) is 40.6 Å². The van der Waals surface area contributed by atoms with E-state index in [9.17, 15) is 27.9 Å². The van der Waals surface area contributed by atoms with E-state index < -0.39 is 35.7 Å². The molecule has 0 radical (unpaired) electrons. The van der Waals surface area contributed by atoms with Gasteiger partial charge in [0.2, 0.25) is 5.91 Å². The number of hydrogen-bond donors (Lipinski definition) is 3. The summed E-state index contributed by atoms with van der Waals surface area (Å²) in [5, 5.41) is 14.5. The summed E-state index contributed by atoms with van der Waals surface area (Å²) in [6.07, 6.45) is -6.17. The van der Waals surface area contributed by atoms with Crippen molar-refractivity contribution >= 4 is 22.6 Å². The van der Waals surface area contributed by atoms with Gasteiger partial charge in [-0.15, -0.1) is 0 Å². The number of halogens is 3. The predicted molar refractivity (Wildman–Crippen MR) is 105 cm³/mol. The molecule has 0 aliphatic heterocycles. The lowest BCUT2D eigenvalue weighted by molar-refractivity contribution is -0.137. The molecular weight excluding hydrogens is 397 g/mol. The van der Waals surface area contributed by atoms with E-state index in [-0.39, 0.29) is 12.0 Å². The maximum absolute atomic E-state index is 12.7. The van der Waals surface area contributed by atoms with Crippen molar-refractivity contribution in [2.75, 3.05) is 0 Å². The number of nitrogens with two attached hydrogens (primary N) is 1. The molecule has 0 spiro atoms. The molecule has 0 bridgehead atoms. The summed E-state index contributed by atoms with van der Waals surface area (Å²) < 4.78 is 38.0. The molecule has 8 heteroatoms. The van der Waals surface area contributed by atoms with Crippen molar-refractivity contribution in [3.05, 3.63) is 83.4 Å². The molecule has 3 aromatic rings. The van der Waals surface area contributed by atoms with Crippen molar-refractivity contribution in [1.29, 1.82) is 0 Å². The predicted octanol–water partition coefficient (Wildman–Crippen LogP) is 3.10. The van der Waals surface area contributed by atoms with E-state index in [1.165, 1.54) is 0 Å². The highest BCUT2D eigenvalue weighted by molar-refractivity contribution is 5.89. The van der Waals surface area contributed by atoms with Gasteiger partial charge in [-0.3, -0.25) is 9.59 Å². The van der Waals surface area contributed by atoms with E-state index in [1.54, 1.807) is 6.07 Å². The highest BCUT2D eigenvalue weighted by Gasteiger charge is 2.31. The van der Waals surface area contributed by atoms with Crippen LogP contribution in [0.15, 0.2) is 66.7 Å². The molecule has 0 aliphatic rings. The van der Waals surface area contributed by atoms with Crippen LogP contribution in [0, 0.1) is 0 Å². The van der Waals surface area contributed by atoms with E-state index >= 15 is 0 Å². The zero-order valence-corrected chi connectivity index (χ0v) is 15.7. The first-order chi connectivity index (χ1) is 14.1. The van der Waals surface area contributed by atoms with E-state index in [0.29, 0.717) is 0 Å². The van der Waals surface area contributed by atoms with Gasteiger partial charge in [0, 0.05) is 6.42 Å². The summed E-state index contributed by atoms with van der Waals surface area (Å²) in [5.74, 6) is -1.73. The van der Waals surface area contributed by atoms with E-state index in [2.05, 4.69) is 5.32 Å². The summed E-state index contributed by atoms with van der Waals surface area (Å²) in [5.41, 5.74) is 5.21. The Bertz CT molecular complexity index is 1070. The minimum absolute atomic E-state index is 0.0329. The number of hydrogen-bond acceptors (Lipinski definition) is 3. The number of nitrogens with one attached hydrogen (secondary N) is 1. The minimum atomic E-state index is -4.53. The Hall–Kier alpha value is -3.39. The van der Waals surface area contributed by atoms with Gasteiger partial charge >= 0.3 is 6.18 Å². The summed E-state index contributed by atoms with van der Waals surface area (Å²) in [6, 6.07) is 15.6. The molecule has 2 amide bonds. The van der Waals surface area contributed by atoms with Crippen LogP contribution < -0.4 is 11.1 Å². The Morgan fingerprint density at radius 1 is 0.967 bits per heavy atom. The van der Waals surface area contributed by atoms with Crippen molar-refractivity contribution in [2.45, 2.75) is 24.7 Å². The van der Waals surface area contributed by atoms with Gasteiger partial charge in [0.1, 0.15) is 6.04 Å². The van der Waals surface area contributed by atoms with Crippen LogP contribution in [0.2, 0.25) is 0 Å². The van der Waals surface area contributed by atoms with Crippen LogP contribution >= 0.6 is 0 Å². The molecule has 0 heterocycles. The molecule has 4 N–H and O–H groups in total. The van der Waals surface area contributed by atoms with Gasteiger partial charge in [-0.1, -0.05) is 54.6 Å². The molecule has 0 unspecified atom stereocenters. The summed E-state index contributed by atoms with van der Waals surface area (Å²) in [4.78, 5) is 24.2. The SMILES string of the molecule is NC(=O)[C@H](Cc1ccc2ccccc2c1)NC(=O)[C@H](O)c1ccc(C(F)(F)F)cc1. The number of fused-ring (bicyclic) bond motifs is 1. The second kappa shape index (κ2) is 8.54. The first-order valence-corrected chi connectivity index (χ1v) is 9.08. The first-order valence-electron chi connectivity index (χ1n) is 9.08. The van der Waals surface area contributed by atoms with Crippen molar-refractivity contribution < 1.29 is 27.9 Å². The Balaban J connectivity index is 1.72. The summed E-state index contributed by atoms with van der Waals surface area (Å²) in [7, 11) is 0. The van der Waals surface area contributed by atoms with Crippen molar-refractivity contribution in [1.82, 2.24) is 5.32 Å². The topological polar surface area (TPSA) is 92.4 Å². The number of aliphatic hydroxyl groups excluding tert-OH is 1. The second-order valence-corrected chi connectivity index (χ2v) is 6.87. The number of carbonyl (C=O) groups is 2. The highest BCUT2D eigenvalue weighted by atomic mass is 19.4. The highest BCUT2D eigenvalue weighted by Crippen LogP contribution is 2.30. The van der Waals surface area contributed by atoms with Crippen LogP contribution in [0.5, 0.6) is 0 Å². The van der Waals surface area contributed by atoms with Gasteiger partial charge < -0.3 is 16.2 Å². The quantitative estimate of drug-likeness (QED) is 0.577. The second-order valence-electron chi connectivity index (χ2n) is 6.87. The molecule has 156 valence electrons. The zero-order valence-electron chi connectivity index (χ0n) is 15.7. The van der Waals surface area contributed by atoms with E-state index in [4.69, 9.17) is 5.73 Å². The fraction of sp³-hybridized carbons (Fsp3) is 0.182. The Kier molecular flexibility index (Phi) is 6.07. The van der Waals surface area contributed by atoms with Crippen LogP contribution in [0.25, 0.3) is 10.8 Å². The van der Waals surface area contributed by atoms with Crippen molar-refractivity contribution in [2.24, 2.45) is 5.73 Å². The molecule has 3 rings (SSSR count). The fourth-order valence-corrected chi connectivity index (χ4v) is 3.08. The van der Waals surface area contributed by atoms with Crippen molar-refractivity contribution in [3.8, 4) is 0 Å². The largest absolute Gasteiger partial charge is 0.416 e. The molecule has 0 saturated carbocycles. The van der Waals surface area contributed by atoms with Gasteiger partial charge in [0.05, 0.1) is 5.56 Å². The van der Waals surface area contributed by atoms with Crippen LogP contribution in [-0.2, 0) is 22.2 Å². The van der Waals surface area contributed by atoms with E-state index in [1.807, 2.05) is 36.4 Å². The molecule has 2 atom stereocenters. The molecule has 3 aromatic carbocycles. The number of aliphatic hydroxyl groups is 1. The lowest BCUT2D eigenvalue weighted by Gasteiger charge is -2.19. The Labute approximate surface area is 170 Å². The third-order valence-electron chi connectivity index (χ3n) is 4.72. The zero-order chi connectivity index (χ0) is 21.9. The standard InChI is InChI=1S/C22H19F3N2O3/c23-22(24,25)17-9-7-15(8-10-17)19(28)21(30)27-18(20(26)29)12-13-5-6-14-3-1-2-4-16(14)11-13/h1-11,18-19,28H,12H2,(H2,26,29)(H,27,30)/t18-,19+/m0/s1. The molecular formula is C22H19F3N2O3. The molecule has 0 aromatic heterocycles. The number of carbonyl (C=O) groups excluding carboxylic acids is 2. The number of alkyl halides is 3. The van der Waals surface area contributed by atoms with Crippen LogP contribution in [0.3, 0.4) is 0 Å². The summed E-state index contributed by atoms with van der Waals surface area (Å²) in [6.45, 7) is 0. The molecule has 0 fully saturated rings. The average molecular weight is 416 g/mol. The lowest BCUT2D eigenvalue weighted by Crippen LogP contribution is -2.47. The van der Waals surface area contributed by atoms with Crippen molar-refractivity contribution in [3.63, 3.8) is 0 Å². The number of rotatable bonds is 6. The molecule has 0 saturated heterocycles. The minimum Gasteiger partial charge on any atom is -0.378 e. The first kappa shape index (κ1) is 21.3. The number of amides is 2. The van der Waals surface area contributed by atoms with Gasteiger partial charge in [-0.2, -0.15) is 13.2 Å². The normalized spacial score (nSPS) is 13.6. The Morgan fingerprint density at radius 3 is 2.20 bits per heavy atom. The van der Waals surface area contributed by atoms with Gasteiger partial charge in [0.15, 0.2) is 6.10 Å². The fourth-order valence-electron chi connectivity index (χ4n) is 3.08. The summed E-state index contributed by atoms with van der Waals surface area (Å²) >= 11 is 0. The Morgan fingerprint density at radius 2 is 1.60 bits per heavy atom. The third-order valence-corrected chi connectivity index (χ3v) is 4.72. The number of benzene rings is 3. The number of primary amides is 1. The van der Waals surface area contributed by atoms with Crippen LogP contribution in [0.1, 0.15) is 22.8 Å². The monoisotopic (exact) mass is 416 g/mol. The lowest BCUT2D eigenvalue weighted by atomic mass is 10.0. The van der Waals surface area contributed by atoms with Crippen LogP contribution in [0.4, 0.5) is 13.2 Å². The third kappa shape index (κ3) is 4.96. The van der Waals surface area contributed by atoms with Crippen LogP contribution in [-0.4, -0.2) is 23.0 Å². The average Bonchev–Trinajstić information content (AvgIpc) is 2.72. The maximum atomic E-state index is 12.7. The van der Waals surface area contributed by atoms with Gasteiger partial charge in [-0.05, 0) is 34.0 Å². The van der Waals surface area contributed by atoms with Gasteiger partial charge in [-0.25, -0.2) is 0 Å².